The number of rotatable bonds is 3. The van der Waals surface area contributed by atoms with Crippen LogP contribution in [0.1, 0.15) is 38.1 Å². The molecular formula is C14H19N3. The molecule has 1 fully saturated rings. The number of likely N-dealkylation sites (tertiary alicyclic amines) is 1. The number of fused-ring (bicyclic) bond motifs is 1. The molecule has 17 heavy (non-hydrogen) atoms. The van der Waals surface area contributed by atoms with Crippen LogP contribution in [0.15, 0.2) is 24.3 Å². The minimum Gasteiger partial charge on any atom is -0.341 e. The number of nitrogens with zero attached hydrogens (tertiary/aromatic N) is 2. The second-order valence-electron chi connectivity index (χ2n) is 4.83. The Morgan fingerprint density at radius 2 is 2.29 bits per heavy atom. The molecule has 2 heterocycles. The zero-order valence-corrected chi connectivity index (χ0v) is 10.3. The summed E-state index contributed by atoms with van der Waals surface area (Å²) in [6.45, 7) is 4.64. The molecule has 1 aromatic heterocycles. The van der Waals surface area contributed by atoms with Crippen LogP contribution in [-0.4, -0.2) is 28.0 Å². The van der Waals surface area contributed by atoms with Gasteiger partial charge in [0.15, 0.2) is 0 Å². The second-order valence-corrected chi connectivity index (χ2v) is 4.83. The minimum absolute atomic E-state index is 0.502. The van der Waals surface area contributed by atoms with E-state index in [2.05, 4.69) is 35.0 Å². The number of imidazole rings is 1. The van der Waals surface area contributed by atoms with Gasteiger partial charge >= 0.3 is 0 Å². The van der Waals surface area contributed by atoms with E-state index in [1.54, 1.807) is 0 Å². The van der Waals surface area contributed by atoms with Gasteiger partial charge in [0.1, 0.15) is 5.82 Å². The van der Waals surface area contributed by atoms with Gasteiger partial charge in [0.05, 0.1) is 17.1 Å². The Hall–Kier alpha value is -1.35. The first-order valence-electron chi connectivity index (χ1n) is 6.57. The molecule has 2 aromatic rings. The topological polar surface area (TPSA) is 31.9 Å². The van der Waals surface area contributed by atoms with Gasteiger partial charge in [-0.15, -0.1) is 0 Å². The van der Waals surface area contributed by atoms with Crippen LogP contribution in [0.4, 0.5) is 0 Å². The Morgan fingerprint density at radius 1 is 1.41 bits per heavy atom. The lowest BCUT2D eigenvalue weighted by Gasteiger charge is -2.21. The summed E-state index contributed by atoms with van der Waals surface area (Å²) in [6, 6.07) is 8.79. The Balaban J connectivity index is 1.92. The molecule has 3 heteroatoms. The number of nitrogens with one attached hydrogen (secondary N) is 1. The largest absolute Gasteiger partial charge is 0.341 e. The van der Waals surface area contributed by atoms with Gasteiger partial charge < -0.3 is 4.98 Å². The molecule has 0 spiro atoms. The lowest BCUT2D eigenvalue weighted by molar-refractivity contribution is 0.250. The van der Waals surface area contributed by atoms with Crippen molar-refractivity contribution in [1.29, 1.82) is 0 Å². The van der Waals surface area contributed by atoms with Crippen LogP contribution < -0.4 is 0 Å². The van der Waals surface area contributed by atoms with Crippen molar-refractivity contribution in [2.75, 3.05) is 13.1 Å². The molecule has 1 atom stereocenters. The van der Waals surface area contributed by atoms with Crippen molar-refractivity contribution >= 4 is 11.0 Å². The van der Waals surface area contributed by atoms with Crippen LogP contribution in [-0.2, 0) is 0 Å². The maximum Gasteiger partial charge on any atom is 0.124 e. The summed E-state index contributed by atoms with van der Waals surface area (Å²) < 4.78 is 0. The average molecular weight is 229 g/mol. The molecule has 1 aliphatic rings. The third-order valence-corrected chi connectivity index (χ3v) is 3.60. The monoisotopic (exact) mass is 229 g/mol. The second kappa shape index (κ2) is 4.49. The van der Waals surface area contributed by atoms with Gasteiger partial charge in [-0.05, 0) is 44.5 Å². The molecule has 3 rings (SSSR count). The van der Waals surface area contributed by atoms with E-state index >= 15 is 0 Å². The molecule has 0 radical (unpaired) electrons. The first-order chi connectivity index (χ1) is 8.38. The first-order valence-corrected chi connectivity index (χ1v) is 6.57. The maximum atomic E-state index is 4.73. The molecule has 3 nitrogen and oxygen atoms in total. The molecule has 1 aliphatic heterocycles. The van der Waals surface area contributed by atoms with Crippen molar-refractivity contribution < 1.29 is 0 Å². The fourth-order valence-corrected chi connectivity index (χ4v) is 2.82. The first kappa shape index (κ1) is 10.8. The van der Waals surface area contributed by atoms with Crippen molar-refractivity contribution in [3.63, 3.8) is 0 Å². The zero-order valence-electron chi connectivity index (χ0n) is 10.3. The van der Waals surface area contributed by atoms with E-state index in [1.165, 1.54) is 32.4 Å². The maximum absolute atomic E-state index is 4.73. The zero-order chi connectivity index (χ0) is 11.7. The predicted octanol–water partition coefficient (Wildman–Crippen LogP) is 3.11. The van der Waals surface area contributed by atoms with Crippen molar-refractivity contribution in [3.8, 4) is 0 Å². The fraction of sp³-hybridized carbons (Fsp3) is 0.500. The number of H-pyrrole nitrogens is 1. The number of aromatic nitrogens is 2. The molecule has 1 saturated heterocycles. The van der Waals surface area contributed by atoms with Crippen LogP contribution in [0.3, 0.4) is 0 Å². The van der Waals surface area contributed by atoms with Gasteiger partial charge in [-0.3, -0.25) is 4.90 Å². The van der Waals surface area contributed by atoms with E-state index in [0.29, 0.717) is 6.04 Å². The highest BCUT2D eigenvalue weighted by Gasteiger charge is 2.27. The number of para-hydroxylation sites is 2. The van der Waals surface area contributed by atoms with Gasteiger partial charge in [-0.25, -0.2) is 4.98 Å². The highest BCUT2D eigenvalue weighted by molar-refractivity contribution is 5.74. The van der Waals surface area contributed by atoms with E-state index in [0.717, 1.165) is 16.9 Å². The Morgan fingerprint density at radius 3 is 3.12 bits per heavy atom. The summed E-state index contributed by atoms with van der Waals surface area (Å²) >= 11 is 0. The quantitative estimate of drug-likeness (QED) is 0.877. The van der Waals surface area contributed by atoms with Crippen molar-refractivity contribution in [1.82, 2.24) is 14.9 Å². The van der Waals surface area contributed by atoms with Gasteiger partial charge in [0, 0.05) is 0 Å². The lowest BCUT2D eigenvalue weighted by Crippen LogP contribution is -2.24. The van der Waals surface area contributed by atoms with Crippen molar-refractivity contribution in [2.45, 2.75) is 32.2 Å². The molecule has 1 N–H and O–H groups in total. The minimum atomic E-state index is 0.502. The van der Waals surface area contributed by atoms with E-state index in [9.17, 15) is 0 Å². The number of aromatic amines is 1. The highest BCUT2D eigenvalue weighted by atomic mass is 15.2. The predicted molar refractivity (Wildman–Crippen MR) is 69.9 cm³/mol. The van der Waals surface area contributed by atoms with Gasteiger partial charge in [-0.2, -0.15) is 0 Å². The van der Waals surface area contributed by atoms with Gasteiger partial charge in [-0.1, -0.05) is 19.1 Å². The summed E-state index contributed by atoms with van der Waals surface area (Å²) in [5, 5.41) is 0. The third kappa shape index (κ3) is 1.95. The average Bonchev–Trinajstić information content (AvgIpc) is 2.94. The summed E-state index contributed by atoms with van der Waals surface area (Å²) in [5.74, 6) is 1.15. The van der Waals surface area contributed by atoms with Crippen LogP contribution >= 0.6 is 0 Å². The smallest absolute Gasteiger partial charge is 0.124 e. The highest BCUT2D eigenvalue weighted by Crippen LogP contribution is 2.31. The standard InChI is InChI=1S/C14H19N3/c1-2-9-17-10-5-8-13(17)14-15-11-6-3-4-7-12(11)16-14/h3-4,6-7,13H,2,5,8-10H2,1H3,(H,15,16)/t13-/m1/s1. The number of hydrogen-bond donors (Lipinski definition) is 1. The van der Waals surface area contributed by atoms with Crippen LogP contribution in [0, 0.1) is 0 Å². The molecule has 0 amide bonds. The van der Waals surface area contributed by atoms with Gasteiger partial charge in [0.2, 0.25) is 0 Å². The molecule has 0 aliphatic carbocycles. The molecule has 0 unspecified atom stereocenters. The van der Waals surface area contributed by atoms with Gasteiger partial charge in [0.25, 0.3) is 0 Å². The third-order valence-electron chi connectivity index (χ3n) is 3.60. The Kier molecular flexibility index (Phi) is 2.85. The van der Waals surface area contributed by atoms with E-state index < -0.39 is 0 Å². The molecule has 0 bridgehead atoms. The Bertz CT molecular complexity index is 470. The van der Waals surface area contributed by atoms with Crippen LogP contribution in [0.5, 0.6) is 0 Å². The van der Waals surface area contributed by atoms with Crippen LogP contribution in [0.25, 0.3) is 11.0 Å². The number of benzene rings is 1. The Labute approximate surface area is 102 Å². The molecular weight excluding hydrogens is 210 g/mol. The SMILES string of the molecule is CCCN1CCC[C@@H]1c1nc2ccccc2[nH]1. The summed E-state index contributed by atoms with van der Waals surface area (Å²) in [6.07, 6.45) is 3.75. The van der Waals surface area contributed by atoms with Crippen molar-refractivity contribution in [2.24, 2.45) is 0 Å². The fourth-order valence-electron chi connectivity index (χ4n) is 2.82. The van der Waals surface area contributed by atoms with E-state index in [1.807, 2.05) is 6.07 Å². The van der Waals surface area contributed by atoms with Crippen molar-refractivity contribution in [3.05, 3.63) is 30.1 Å². The number of hydrogen-bond acceptors (Lipinski definition) is 2. The summed E-state index contributed by atoms with van der Waals surface area (Å²) in [5.41, 5.74) is 2.25. The van der Waals surface area contributed by atoms with E-state index in [-0.39, 0.29) is 0 Å². The summed E-state index contributed by atoms with van der Waals surface area (Å²) in [7, 11) is 0. The van der Waals surface area contributed by atoms with Crippen LogP contribution in [0.2, 0.25) is 0 Å². The normalized spacial score (nSPS) is 21.4. The summed E-state index contributed by atoms with van der Waals surface area (Å²) in [4.78, 5) is 10.8. The molecule has 0 saturated carbocycles. The molecule has 90 valence electrons. The lowest BCUT2D eigenvalue weighted by atomic mass is 10.2. The molecule has 1 aromatic carbocycles. The van der Waals surface area contributed by atoms with E-state index in [4.69, 9.17) is 4.98 Å².